The first-order chi connectivity index (χ1) is 14.1. The van der Waals surface area contributed by atoms with Gasteiger partial charge in [-0.1, -0.05) is 12.1 Å². The minimum absolute atomic E-state index is 0.0106. The molecule has 1 atom stereocenters. The van der Waals surface area contributed by atoms with E-state index in [4.69, 9.17) is 10.5 Å². The van der Waals surface area contributed by atoms with Crippen LogP contribution in [0.15, 0.2) is 48.9 Å². The van der Waals surface area contributed by atoms with Crippen LogP contribution in [0.3, 0.4) is 0 Å². The molecular weight excluding hydrogens is 368 g/mol. The molecule has 1 aliphatic heterocycles. The van der Waals surface area contributed by atoms with Crippen LogP contribution in [-0.2, 0) is 13.5 Å². The van der Waals surface area contributed by atoms with Gasteiger partial charge in [-0.15, -0.1) is 0 Å². The number of primary amides is 1. The van der Waals surface area contributed by atoms with Crippen LogP contribution in [0.5, 0.6) is 5.88 Å². The minimum atomic E-state index is -0.405. The number of pyridine rings is 1. The van der Waals surface area contributed by atoms with Crippen LogP contribution in [0, 0.1) is 0 Å². The molecule has 0 fully saturated rings. The van der Waals surface area contributed by atoms with E-state index in [1.807, 2.05) is 43.8 Å². The average molecular weight is 392 g/mol. The highest BCUT2D eigenvalue weighted by atomic mass is 16.5. The number of carbonyl (C=O) groups is 1. The summed E-state index contributed by atoms with van der Waals surface area (Å²) in [6.07, 6.45) is 6.46. The van der Waals surface area contributed by atoms with Crippen molar-refractivity contribution in [2.75, 3.05) is 25.0 Å². The predicted molar refractivity (Wildman–Crippen MR) is 111 cm³/mol. The lowest BCUT2D eigenvalue weighted by Gasteiger charge is -2.27. The molecule has 8 nitrogen and oxygen atoms in total. The molecule has 1 aliphatic rings. The number of aryl methyl sites for hydroxylation is 1. The Balaban J connectivity index is 1.26. The molecule has 3 aromatic rings. The van der Waals surface area contributed by atoms with E-state index in [0.717, 1.165) is 41.9 Å². The molecule has 8 heteroatoms. The minimum Gasteiger partial charge on any atom is -0.470 e. The molecule has 29 heavy (non-hydrogen) atoms. The van der Waals surface area contributed by atoms with Crippen molar-refractivity contribution in [3.63, 3.8) is 0 Å². The number of benzene rings is 1. The summed E-state index contributed by atoms with van der Waals surface area (Å²) >= 11 is 0. The van der Waals surface area contributed by atoms with Crippen LogP contribution >= 0.6 is 0 Å². The van der Waals surface area contributed by atoms with Gasteiger partial charge in [0.15, 0.2) is 0 Å². The molecule has 1 unspecified atom stereocenters. The van der Waals surface area contributed by atoms with Gasteiger partial charge in [-0.2, -0.15) is 5.10 Å². The zero-order valence-electron chi connectivity index (χ0n) is 16.3. The predicted octanol–water partition coefficient (Wildman–Crippen LogP) is 1.59. The highest BCUT2D eigenvalue weighted by molar-refractivity contribution is 5.92. The van der Waals surface area contributed by atoms with Crippen molar-refractivity contribution < 1.29 is 9.53 Å². The summed E-state index contributed by atoms with van der Waals surface area (Å²) < 4.78 is 7.78. The molecule has 0 saturated heterocycles. The number of nitrogens with one attached hydrogen (secondary N) is 2. The highest BCUT2D eigenvalue weighted by Crippen LogP contribution is 2.30. The zero-order valence-corrected chi connectivity index (χ0v) is 16.3. The maximum Gasteiger partial charge on any atom is 0.248 e. The second kappa shape index (κ2) is 8.32. The van der Waals surface area contributed by atoms with Crippen LogP contribution in [0.1, 0.15) is 15.9 Å². The first-order valence-electron chi connectivity index (χ1n) is 9.57. The molecule has 150 valence electrons. The molecule has 0 bridgehead atoms. The molecular formula is C21H24N6O2. The number of carbonyl (C=O) groups excluding carboxylic acids is 1. The normalized spacial score (nSPS) is 15.3. The van der Waals surface area contributed by atoms with E-state index in [2.05, 4.69) is 20.7 Å². The first kappa shape index (κ1) is 18.9. The van der Waals surface area contributed by atoms with Gasteiger partial charge in [-0.05, 0) is 36.7 Å². The standard InChI is InChI=1S/C21H24N6O2/c1-27-13-17(10-26-27)16-8-19-21(25-9-16)29-18(12-24-19)11-23-7-6-14-2-4-15(5-3-14)20(22)28/h2-5,8-10,13,18,23-24H,6-7,11-12H2,1H3,(H2,22,28). The number of rotatable bonds is 7. The SMILES string of the molecule is Cn1cc(-c2cnc3c(c2)NCC(CNCCc2ccc(C(N)=O)cc2)O3)cn1. The maximum atomic E-state index is 11.1. The largest absolute Gasteiger partial charge is 0.470 e. The highest BCUT2D eigenvalue weighted by Gasteiger charge is 2.20. The summed E-state index contributed by atoms with van der Waals surface area (Å²) in [5.41, 5.74) is 9.87. The van der Waals surface area contributed by atoms with Gasteiger partial charge in [-0.25, -0.2) is 4.98 Å². The second-order valence-electron chi connectivity index (χ2n) is 7.12. The third-order valence-corrected chi connectivity index (χ3v) is 4.89. The molecule has 0 aliphatic carbocycles. The number of nitrogens with two attached hydrogens (primary N) is 1. The van der Waals surface area contributed by atoms with Crippen molar-refractivity contribution in [3.05, 3.63) is 60.0 Å². The Morgan fingerprint density at radius 2 is 2.14 bits per heavy atom. The van der Waals surface area contributed by atoms with Crippen LogP contribution in [-0.4, -0.2) is 46.4 Å². The molecule has 0 spiro atoms. The van der Waals surface area contributed by atoms with E-state index in [-0.39, 0.29) is 6.10 Å². The maximum absolute atomic E-state index is 11.1. The summed E-state index contributed by atoms with van der Waals surface area (Å²) in [6, 6.07) is 9.42. The number of fused-ring (bicyclic) bond motifs is 1. The fourth-order valence-corrected chi connectivity index (χ4v) is 3.27. The van der Waals surface area contributed by atoms with Gasteiger partial charge < -0.3 is 21.1 Å². The number of nitrogens with zero attached hydrogens (tertiary/aromatic N) is 3. The van der Waals surface area contributed by atoms with E-state index >= 15 is 0 Å². The smallest absolute Gasteiger partial charge is 0.248 e. The van der Waals surface area contributed by atoms with Gasteiger partial charge in [0.25, 0.3) is 0 Å². The Hall–Kier alpha value is -3.39. The van der Waals surface area contributed by atoms with E-state index < -0.39 is 5.91 Å². The molecule has 4 rings (SSSR count). The Kier molecular flexibility index (Phi) is 5.44. The molecule has 0 saturated carbocycles. The Morgan fingerprint density at radius 1 is 1.31 bits per heavy atom. The zero-order chi connectivity index (χ0) is 20.2. The Labute approximate surface area is 169 Å². The van der Waals surface area contributed by atoms with Crippen molar-refractivity contribution >= 4 is 11.6 Å². The third kappa shape index (κ3) is 4.55. The number of ether oxygens (including phenoxy) is 1. The van der Waals surface area contributed by atoms with Gasteiger partial charge in [-0.3, -0.25) is 9.48 Å². The summed E-state index contributed by atoms with van der Waals surface area (Å²) in [7, 11) is 1.89. The molecule has 3 heterocycles. The van der Waals surface area contributed by atoms with Crippen molar-refractivity contribution in [1.82, 2.24) is 20.1 Å². The second-order valence-corrected chi connectivity index (χ2v) is 7.12. The molecule has 4 N–H and O–H groups in total. The number of hydrogen-bond donors (Lipinski definition) is 3. The van der Waals surface area contributed by atoms with Crippen molar-refractivity contribution in [1.29, 1.82) is 0 Å². The Morgan fingerprint density at radius 3 is 2.86 bits per heavy atom. The van der Waals surface area contributed by atoms with Crippen LogP contribution in [0.25, 0.3) is 11.1 Å². The van der Waals surface area contributed by atoms with Gasteiger partial charge >= 0.3 is 0 Å². The van der Waals surface area contributed by atoms with Crippen LogP contribution in [0.4, 0.5) is 5.69 Å². The lowest BCUT2D eigenvalue weighted by atomic mass is 10.1. The van der Waals surface area contributed by atoms with Gasteiger partial charge in [0.2, 0.25) is 11.8 Å². The van der Waals surface area contributed by atoms with Crippen LogP contribution < -0.4 is 21.1 Å². The van der Waals surface area contributed by atoms with E-state index in [0.29, 0.717) is 18.0 Å². The summed E-state index contributed by atoms with van der Waals surface area (Å²) in [4.78, 5) is 15.6. The van der Waals surface area contributed by atoms with Gasteiger partial charge in [0, 0.05) is 42.7 Å². The topological polar surface area (TPSA) is 107 Å². The van der Waals surface area contributed by atoms with E-state index in [1.165, 1.54) is 0 Å². The van der Waals surface area contributed by atoms with Crippen molar-refractivity contribution in [2.24, 2.45) is 12.8 Å². The fourth-order valence-electron chi connectivity index (χ4n) is 3.27. The number of amides is 1. The average Bonchev–Trinajstić information content (AvgIpc) is 3.17. The third-order valence-electron chi connectivity index (χ3n) is 4.89. The molecule has 1 aromatic carbocycles. The van der Waals surface area contributed by atoms with Crippen molar-refractivity contribution in [3.8, 4) is 17.0 Å². The molecule has 1 amide bonds. The summed E-state index contributed by atoms with van der Waals surface area (Å²) in [6.45, 7) is 2.25. The van der Waals surface area contributed by atoms with Gasteiger partial charge in [0.1, 0.15) is 6.10 Å². The van der Waals surface area contributed by atoms with Crippen LogP contribution in [0.2, 0.25) is 0 Å². The number of aromatic nitrogens is 3. The van der Waals surface area contributed by atoms with E-state index in [9.17, 15) is 4.79 Å². The summed E-state index contributed by atoms with van der Waals surface area (Å²) in [5, 5.41) is 11.0. The number of hydrogen-bond acceptors (Lipinski definition) is 6. The Bertz CT molecular complexity index is 999. The quantitative estimate of drug-likeness (QED) is 0.527. The van der Waals surface area contributed by atoms with Gasteiger partial charge in [0.05, 0.1) is 18.4 Å². The molecule has 2 aromatic heterocycles. The first-order valence-corrected chi connectivity index (χ1v) is 9.57. The lowest BCUT2D eigenvalue weighted by molar-refractivity contribution is 0.100. The summed E-state index contributed by atoms with van der Waals surface area (Å²) in [5.74, 6) is 0.218. The monoisotopic (exact) mass is 392 g/mol. The number of anilines is 1. The van der Waals surface area contributed by atoms with Crippen molar-refractivity contribution in [2.45, 2.75) is 12.5 Å². The molecule has 0 radical (unpaired) electrons. The van der Waals surface area contributed by atoms with E-state index in [1.54, 1.807) is 16.8 Å². The fraction of sp³-hybridized carbons (Fsp3) is 0.286. The lowest BCUT2D eigenvalue weighted by Crippen LogP contribution is -2.40.